The van der Waals surface area contributed by atoms with E-state index in [0.717, 1.165) is 59.8 Å². The molecule has 0 aliphatic carbocycles. The molecule has 11 heteroatoms. The molecule has 2 aliphatic heterocycles. The molecule has 11 nitrogen and oxygen atoms in total. The number of hydrogen-bond donors (Lipinski definition) is 4. The van der Waals surface area contributed by atoms with Gasteiger partial charge in [0.2, 0.25) is 11.8 Å². The largest absolute Gasteiger partial charge is 0.493 e. The average Bonchev–Trinajstić information content (AvgIpc) is 3.11. The lowest BCUT2D eigenvalue weighted by Crippen LogP contribution is -2.41. The number of benzene rings is 3. The summed E-state index contributed by atoms with van der Waals surface area (Å²) in [5, 5.41) is 21.0. The van der Waals surface area contributed by atoms with Crippen LogP contribution in [0.25, 0.3) is 0 Å². The van der Waals surface area contributed by atoms with Crippen LogP contribution < -0.4 is 20.3 Å². The van der Waals surface area contributed by atoms with Crippen molar-refractivity contribution in [1.29, 1.82) is 0 Å². The van der Waals surface area contributed by atoms with E-state index in [1.165, 1.54) is 11.1 Å². The van der Waals surface area contributed by atoms with Crippen molar-refractivity contribution in [3.63, 3.8) is 0 Å². The Morgan fingerprint density at radius 3 is 2.17 bits per heavy atom. The quantitative estimate of drug-likeness (QED) is 0.113. The second-order valence-electron chi connectivity index (χ2n) is 12.1. The first kappa shape index (κ1) is 34.3. The molecule has 252 valence electrons. The Hall–Kier alpha value is -4.00. The Bertz CT molecular complexity index is 1480. The van der Waals surface area contributed by atoms with E-state index in [0.29, 0.717) is 32.2 Å². The number of carbonyl (C=O) groups excluding carboxylic acids is 2. The van der Waals surface area contributed by atoms with Gasteiger partial charge >= 0.3 is 0 Å². The Labute approximate surface area is 275 Å². The van der Waals surface area contributed by atoms with Crippen molar-refractivity contribution in [2.45, 2.75) is 76.7 Å². The third-order valence-corrected chi connectivity index (χ3v) is 8.80. The number of nitrogens with one attached hydrogen (secondary N) is 2. The fraction of sp³-hybridized carbons (Fsp3) is 0.444. The normalized spacial score (nSPS) is 19.4. The number of ether oxygens (including phenoxy) is 4. The van der Waals surface area contributed by atoms with E-state index < -0.39 is 12.2 Å². The maximum absolute atomic E-state index is 12.3. The third-order valence-electron chi connectivity index (χ3n) is 8.80. The summed E-state index contributed by atoms with van der Waals surface area (Å²) in [6.45, 7) is 2.81. The number of rotatable bonds is 14. The lowest BCUT2D eigenvalue weighted by molar-refractivity contribution is -0.253. The van der Waals surface area contributed by atoms with E-state index in [4.69, 9.17) is 24.2 Å². The van der Waals surface area contributed by atoms with Crippen molar-refractivity contribution >= 4 is 11.8 Å². The molecule has 4 N–H and O–H groups in total. The first-order chi connectivity index (χ1) is 22.9. The van der Waals surface area contributed by atoms with Gasteiger partial charge in [-0.25, -0.2) is 5.48 Å². The summed E-state index contributed by atoms with van der Waals surface area (Å²) in [4.78, 5) is 25.8. The number of hydroxylamine groups is 1. The van der Waals surface area contributed by atoms with E-state index in [-0.39, 0.29) is 31.1 Å². The molecule has 0 spiro atoms. The molecule has 47 heavy (non-hydrogen) atoms. The predicted molar refractivity (Wildman–Crippen MR) is 174 cm³/mol. The van der Waals surface area contributed by atoms with Gasteiger partial charge in [0.25, 0.3) is 0 Å². The Balaban J connectivity index is 1.23. The second-order valence-corrected chi connectivity index (χ2v) is 12.1. The Kier molecular flexibility index (Phi) is 12.2. The number of unbranched alkanes of at least 4 members (excludes halogenated alkanes) is 1. The Morgan fingerprint density at radius 2 is 1.51 bits per heavy atom. The summed E-state index contributed by atoms with van der Waals surface area (Å²) in [6, 6.07) is 19.9. The number of fused-ring (bicyclic) bond motifs is 1. The summed E-state index contributed by atoms with van der Waals surface area (Å²) in [5.74, 6) is 0.942. The number of methoxy groups -OCH3 is 2. The fourth-order valence-electron chi connectivity index (χ4n) is 6.13. The summed E-state index contributed by atoms with van der Waals surface area (Å²) >= 11 is 0. The molecule has 1 fully saturated rings. The molecular weight excluding hydrogens is 602 g/mol. The van der Waals surface area contributed by atoms with Crippen LogP contribution in [0.15, 0.2) is 60.7 Å². The zero-order valence-electron chi connectivity index (χ0n) is 27.1. The van der Waals surface area contributed by atoms with Crippen molar-refractivity contribution in [2.75, 3.05) is 27.3 Å². The van der Waals surface area contributed by atoms with Crippen molar-refractivity contribution in [3.8, 4) is 11.5 Å². The molecule has 3 aromatic carbocycles. The van der Waals surface area contributed by atoms with Gasteiger partial charge in [-0.1, -0.05) is 48.5 Å². The smallest absolute Gasteiger partial charge is 0.243 e. The number of carbonyl (C=O) groups is 2. The van der Waals surface area contributed by atoms with Gasteiger partial charge in [0.05, 0.1) is 33.0 Å². The van der Waals surface area contributed by atoms with Crippen LogP contribution in [-0.4, -0.2) is 60.4 Å². The first-order valence-corrected chi connectivity index (χ1v) is 16.1. The van der Waals surface area contributed by atoms with Crippen LogP contribution in [0.4, 0.5) is 0 Å². The van der Waals surface area contributed by atoms with Gasteiger partial charge < -0.3 is 29.4 Å². The van der Waals surface area contributed by atoms with Gasteiger partial charge in [-0.2, -0.15) is 0 Å². The van der Waals surface area contributed by atoms with Crippen molar-refractivity contribution in [2.24, 2.45) is 0 Å². The molecule has 3 atom stereocenters. The minimum atomic E-state index is -0.572. The molecular formula is C36H45N3O8. The molecule has 5 rings (SSSR count). The standard InChI is InChI=1S/C36H45N3O8/c1-44-32-17-28-15-16-39(21-29(28)18-33(32)45-2)22-30-19-31(26-11-9-25(23-40)10-12-26)47-36(46-30)27-13-7-24(8-14-27)20-37-34(41)5-3-4-6-35(42)38-43/h7-14,17-18,30-31,36,40,43H,3-6,15-16,19-23H2,1-2H3,(H,37,41)(H,38,42)/t30-,31+,36+/m0/s1. The maximum atomic E-state index is 12.3. The maximum Gasteiger partial charge on any atom is 0.243 e. The molecule has 0 bridgehead atoms. The minimum Gasteiger partial charge on any atom is -0.493 e. The highest BCUT2D eigenvalue weighted by Gasteiger charge is 2.34. The molecule has 2 amide bonds. The molecule has 0 saturated carbocycles. The second kappa shape index (κ2) is 16.7. The summed E-state index contributed by atoms with van der Waals surface area (Å²) in [7, 11) is 3.32. The topological polar surface area (TPSA) is 139 Å². The van der Waals surface area contributed by atoms with Crippen molar-refractivity contribution in [3.05, 3.63) is 94.0 Å². The van der Waals surface area contributed by atoms with Gasteiger partial charge in [0.1, 0.15) is 0 Å². The third kappa shape index (κ3) is 9.30. The monoisotopic (exact) mass is 647 g/mol. The number of aliphatic hydroxyl groups is 1. The van der Waals surface area contributed by atoms with Crippen LogP contribution in [-0.2, 0) is 45.2 Å². The lowest BCUT2D eigenvalue weighted by Gasteiger charge is -2.39. The molecule has 0 radical (unpaired) electrons. The van der Waals surface area contributed by atoms with Crippen LogP contribution in [0.5, 0.6) is 11.5 Å². The number of aliphatic hydroxyl groups excluding tert-OH is 1. The molecule has 1 saturated heterocycles. The van der Waals surface area contributed by atoms with Gasteiger partial charge in [-0.15, -0.1) is 0 Å². The zero-order valence-corrected chi connectivity index (χ0v) is 27.1. The number of nitrogens with zero attached hydrogens (tertiary/aromatic N) is 1. The zero-order chi connectivity index (χ0) is 33.2. The van der Waals surface area contributed by atoms with Gasteiger partial charge in [-0.3, -0.25) is 19.7 Å². The van der Waals surface area contributed by atoms with Gasteiger partial charge in [0, 0.05) is 51.0 Å². The van der Waals surface area contributed by atoms with Crippen molar-refractivity contribution < 1.29 is 38.9 Å². The van der Waals surface area contributed by atoms with Gasteiger partial charge in [0.15, 0.2) is 17.8 Å². The highest BCUT2D eigenvalue weighted by Crippen LogP contribution is 2.39. The molecule has 0 unspecified atom stereocenters. The van der Waals surface area contributed by atoms with Crippen LogP contribution in [0.3, 0.4) is 0 Å². The van der Waals surface area contributed by atoms with Crippen LogP contribution >= 0.6 is 0 Å². The molecule has 2 aliphatic rings. The highest BCUT2D eigenvalue weighted by atomic mass is 16.7. The van der Waals surface area contributed by atoms with Crippen LogP contribution in [0.2, 0.25) is 0 Å². The number of amides is 2. The number of hydrogen-bond acceptors (Lipinski definition) is 9. The van der Waals surface area contributed by atoms with Crippen LogP contribution in [0.1, 0.15) is 77.9 Å². The minimum absolute atomic E-state index is 0.0105. The van der Waals surface area contributed by atoms with E-state index in [2.05, 4.69) is 22.3 Å². The van der Waals surface area contributed by atoms with E-state index in [1.807, 2.05) is 48.5 Å². The fourth-order valence-corrected chi connectivity index (χ4v) is 6.13. The van der Waals surface area contributed by atoms with Gasteiger partial charge in [-0.05, 0) is 59.2 Å². The van der Waals surface area contributed by atoms with E-state index in [9.17, 15) is 14.7 Å². The van der Waals surface area contributed by atoms with Crippen LogP contribution in [0, 0.1) is 0 Å². The van der Waals surface area contributed by atoms with E-state index >= 15 is 0 Å². The van der Waals surface area contributed by atoms with Crippen molar-refractivity contribution in [1.82, 2.24) is 15.7 Å². The summed E-state index contributed by atoms with van der Waals surface area (Å²) in [5.41, 5.74) is 7.83. The molecule has 0 aromatic heterocycles. The SMILES string of the molecule is COc1cc2c(cc1OC)CN(C[C@@H]1C[C@H](c3ccc(CO)cc3)O[C@H](c3ccc(CNC(=O)CCCCC(=O)NO)cc3)O1)CC2. The first-order valence-electron chi connectivity index (χ1n) is 16.1. The lowest BCUT2D eigenvalue weighted by atomic mass is 9.97. The molecule has 2 heterocycles. The van der Waals surface area contributed by atoms with E-state index in [1.54, 1.807) is 19.7 Å². The predicted octanol–water partition coefficient (Wildman–Crippen LogP) is 4.48. The highest BCUT2D eigenvalue weighted by molar-refractivity contribution is 5.76. The molecule has 3 aromatic rings. The Morgan fingerprint density at radius 1 is 0.872 bits per heavy atom. The average molecular weight is 648 g/mol. The summed E-state index contributed by atoms with van der Waals surface area (Å²) in [6.07, 6.45) is 2.35. The summed E-state index contributed by atoms with van der Waals surface area (Å²) < 4.78 is 24.2.